The largest absolute Gasteiger partial charge is 0.380 e. The summed E-state index contributed by atoms with van der Waals surface area (Å²) >= 11 is 0. The molecule has 1 unspecified atom stereocenters. The highest BCUT2D eigenvalue weighted by Gasteiger charge is 2.24. The first-order chi connectivity index (χ1) is 7.63. The molecule has 0 radical (unpaired) electrons. The summed E-state index contributed by atoms with van der Waals surface area (Å²) in [7, 11) is 0. The summed E-state index contributed by atoms with van der Waals surface area (Å²) in [5.41, 5.74) is 0.323. The van der Waals surface area contributed by atoms with E-state index in [0.717, 1.165) is 6.07 Å². The highest BCUT2D eigenvalue weighted by Crippen LogP contribution is 2.30. The van der Waals surface area contributed by atoms with Gasteiger partial charge in [-0.1, -0.05) is 6.92 Å². The maximum absolute atomic E-state index is 13.4. The summed E-state index contributed by atoms with van der Waals surface area (Å²) in [5, 5.41) is 5.35. The zero-order valence-electron chi connectivity index (χ0n) is 8.81. The molecule has 0 fully saturated rings. The molecule has 0 saturated heterocycles. The number of fused-ring (bicyclic) bond motifs is 1. The third-order valence-electron chi connectivity index (χ3n) is 2.74. The highest BCUT2D eigenvalue weighted by atomic mass is 19.2. The third kappa shape index (κ3) is 1.73. The molecule has 0 aliphatic carbocycles. The van der Waals surface area contributed by atoms with E-state index in [9.17, 15) is 13.6 Å². The molecule has 86 valence electrons. The first-order valence-corrected chi connectivity index (χ1v) is 5.16. The van der Waals surface area contributed by atoms with Crippen LogP contribution in [0.15, 0.2) is 12.1 Å². The molecular weight excluding hydrogens is 214 g/mol. The summed E-state index contributed by atoms with van der Waals surface area (Å²) in [6.45, 7) is 2.19. The number of anilines is 2. The maximum Gasteiger partial charge on any atom is 0.229 e. The van der Waals surface area contributed by atoms with Crippen molar-refractivity contribution in [1.29, 1.82) is 0 Å². The van der Waals surface area contributed by atoms with Crippen LogP contribution in [0.2, 0.25) is 0 Å². The van der Waals surface area contributed by atoms with E-state index in [1.807, 2.05) is 6.92 Å². The van der Waals surface area contributed by atoms with Gasteiger partial charge in [-0.15, -0.1) is 0 Å². The van der Waals surface area contributed by atoms with Crippen LogP contribution in [0.4, 0.5) is 20.2 Å². The van der Waals surface area contributed by atoms with E-state index in [0.29, 0.717) is 18.7 Å². The number of amides is 1. The van der Waals surface area contributed by atoms with E-state index >= 15 is 0 Å². The first-order valence-electron chi connectivity index (χ1n) is 5.16. The van der Waals surface area contributed by atoms with E-state index in [4.69, 9.17) is 0 Å². The van der Waals surface area contributed by atoms with Gasteiger partial charge in [0.1, 0.15) is 0 Å². The lowest BCUT2D eigenvalue weighted by molar-refractivity contribution is -0.119. The Kier molecular flexibility index (Phi) is 2.77. The molecule has 1 aromatic rings. The van der Waals surface area contributed by atoms with Crippen LogP contribution in [0.5, 0.6) is 0 Å². The van der Waals surface area contributed by atoms with E-state index in [2.05, 4.69) is 10.6 Å². The SMILES string of the molecule is CCC1CNc2c(ccc(F)c2F)NC1=O. The Morgan fingerprint density at radius 3 is 2.88 bits per heavy atom. The van der Waals surface area contributed by atoms with Crippen molar-refractivity contribution in [3.05, 3.63) is 23.8 Å². The molecule has 0 bridgehead atoms. The summed E-state index contributed by atoms with van der Waals surface area (Å²) in [6, 6.07) is 2.36. The number of carbonyl (C=O) groups is 1. The first kappa shape index (κ1) is 10.9. The number of nitrogens with one attached hydrogen (secondary N) is 2. The van der Waals surface area contributed by atoms with Gasteiger partial charge >= 0.3 is 0 Å². The highest BCUT2D eigenvalue weighted by molar-refractivity contribution is 5.97. The monoisotopic (exact) mass is 226 g/mol. The molecule has 3 nitrogen and oxygen atoms in total. The molecule has 1 aliphatic heterocycles. The van der Waals surface area contributed by atoms with Crippen molar-refractivity contribution >= 4 is 17.3 Å². The van der Waals surface area contributed by atoms with Crippen LogP contribution in [-0.2, 0) is 4.79 Å². The van der Waals surface area contributed by atoms with Crippen LogP contribution >= 0.6 is 0 Å². The van der Waals surface area contributed by atoms with Crippen LogP contribution in [0.1, 0.15) is 13.3 Å². The van der Waals surface area contributed by atoms with Crippen LogP contribution in [0, 0.1) is 17.6 Å². The number of hydrogen-bond donors (Lipinski definition) is 2. The third-order valence-corrected chi connectivity index (χ3v) is 2.74. The Bertz CT molecular complexity index is 434. The van der Waals surface area contributed by atoms with Crippen LogP contribution < -0.4 is 10.6 Å². The smallest absolute Gasteiger partial charge is 0.229 e. The average Bonchev–Trinajstić information content (AvgIpc) is 2.43. The lowest BCUT2D eigenvalue weighted by atomic mass is 10.1. The Morgan fingerprint density at radius 2 is 2.19 bits per heavy atom. The standard InChI is InChI=1S/C11H12F2N2O/c1-2-6-5-14-10-8(15-11(6)16)4-3-7(12)9(10)13/h3-4,6,14H,2,5H2,1H3,(H,15,16). The van der Waals surface area contributed by atoms with Crippen molar-refractivity contribution in [3.8, 4) is 0 Å². The molecule has 1 amide bonds. The molecule has 2 N–H and O–H groups in total. The van der Waals surface area contributed by atoms with Crippen molar-refractivity contribution in [1.82, 2.24) is 0 Å². The van der Waals surface area contributed by atoms with Gasteiger partial charge in [0, 0.05) is 6.54 Å². The lowest BCUT2D eigenvalue weighted by Gasteiger charge is -2.09. The number of halogens is 2. The molecule has 2 rings (SSSR count). The fourth-order valence-corrected chi connectivity index (χ4v) is 1.71. The Hall–Kier alpha value is -1.65. The molecule has 1 aromatic carbocycles. The molecule has 1 aliphatic rings. The number of hydrogen-bond acceptors (Lipinski definition) is 2. The van der Waals surface area contributed by atoms with Crippen molar-refractivity contribution in [2.45, 2.75) is 13.3 Å². The molecule has 0 saturated carbocycles. The Morgan fingerprint density at radius 1 is 1.44 bits per heavy atom. The summed E-state index contributed by atoms with van der Waals surface area (Å²) in [6.07, 6.45) is 0.650. The van der Waals surface area contributed by atoms with Gasteiger partial charge in [0.15, 0.2) is 11.6 Å². The topological polar surface area (TPSA) is 41.1 Å². The summed E-state index contributed by atoms with van der Waals surface area (Å²) < 4.78 is 26.4. The Balaban J connectivity index is 2.40. The fraction of sp³-hybridized carbons (Fsp3) is 0.364. The van der Waals surface area contributed by atoms with Gasteiger partial charge < -0.3 is 10.6 Å². The molecule has 16 heavy (non-hydrogen) atoms. The van der Waals surface area contributed by atoms with E-state index in [1.54, 1.807) is 0 Å². The normalized spacial score (nSPS) is 19.4. The van der Waals surface area contributed by atoms with Crippen molar-refractivity contribution < 1.29 is 13.6 Å². The van der Waals surface area contributed by atoms with Gasteiger partial charge in [0.05, 0.1) is 17.3 Å². The van der Waals surface area contributed by atoms with Gasteiger partial charge in [0.25, 0.3) is 0 Å². The van der Waals surface area contributed by atoms with Crippen molar-refractivity contribution in [3.63, 3.8) is 0 Å². The summed E-state index contributed by atoms with van der Waals surface area (Å²) in [4.78, 5) is 11.6. The predicted molar refractivity (Wildman–Crippen MR) is 57.3 cm³/mol. The van der Waals surface area contributed by atoms with Gasteiger partial charge in [0.2, 0.25) is 5.91 Å². The van der Waals surface area contributed by atoms with E-state index in [-0.39, 0.29) is 17.5 Å². The van der Waals surface area contributed by atoms with Crippen molar-refractivity contribution in [2.24, 2.45) is 5.92 Å². The fourth-order valence-electron chi connectivity index (χ4n) is 1.71. The van der Waals surface area contributed by atoms with Gasteiger partial charge in [-0.2, -0.15) is 0 Å². The minimum Gasteiger partial charge on any atom is -0.380 e. The van der Waals surface area contributed by atoms with Gasteiger partial charge in [-0.05, 0) is 18.6 Å². The quantitative estimate of drug-likeness (QED) is 0.771. The maximum atomic E-state index is 13.4. The minimum atomic E-state index is -0.949. The molecular formula is C11H12F2N2O. The van der Waals surface area contributed by atoms with Crippen LogP contribution in [0.3, 0.4) is 0 Å². The molecule has 0 aromatic heterocycles. The van der Waals surface area contributed by atoms with E-state index < -0.39 is 11.6 Å². The number of rotatable bonds is 1. The van der Waals surface area contributed by atoms with E-state index in [1.165, 1.54) is 6.07 Å². The molecule has 1 atom stereocenters. The van der Waals surface area contributed by atoms with Crippen molar-refractivity contribution in [2.75, 3.05) is 17.2 Å². The lowest BCUT2D eigenvalue weighted by Crippen LogP contribution is -2.24. The average molecular weight is 226 g/mol. The van der Waals surface area contributed by atoms with Gasteiger partial charge in [-0.3, -0.25) is 4.79 Å². The predicted octanol–water partition coefficient (Wildman–Crippen LogP) is 2.35. The zero-order chi connectivity index (χ0) is 11.7. The zero-order valence-corrected chi connectivity index (χ0v) is 8.81. The van der Waals surface area contributed by atoms with Crippen LogP contribution in [0.25, 0.3) is 0 Å². The second-order valence-corrected chi connectivity index (χ2v) is 3.76. The molecule has 1 heterocycles. The minimum absolute atomic E-state index is 0.0318. The number of benzene rings is 1. The summed E-state index contributed by atoms with van der Waals surface area (Å²) in [5.74, 6) is -2.26. The second-order valence-electron chi connectivity index (χ2n) is 3.76. The molecule has 0 spiro atoms. The number of carbonyl (C=O) groups excluding carboxylic acids is 1. The second kappa shape index (κ2) is 4.08. The Labute approximate surface area is 91.8 Å². The van der Waals surface area contributed by atoms with Gasteiger partial charge in [-0.25, -0.2) is 8.78 Å². The van der Waals surface area contributed by atoms with Crippen LogP contribution in [-0.4, -0.2) is 12.5 Å². The molecule has 5 heteroatoms.